The van der Waals surface area contributed by atoms with Crippen molar-refractivity contribution >= 4 is 17.1 Å². The minimum atomic E-state index is 1.10. The molecule has 1 heteroatoms. The van der Waals surface area contributed by atoms with Gasteiger partial charge in [0.2, 0.25) is 0 Å². The Labute approximate surface area is 324 Å². The molecule has 9 aromatic rings. The molecule has 0 aliphatic heterocycles. The lowest BCUT2D eigenvalue weighted by Gasteiger charge is -2.26. The molecule has 0 radical (unpaired) electrons. The number of hydrogen-bond acceptors (Lipinski definition) is 1. The lowest BCUT2D eigenvalue weighted by molar-refractivity contribution is 1.28. The second-order valence-corrected chi connectivity index (χ2v) is 13.8. The van der Waals surface area contributed by atoms with Crippen LogP contribution < -0.4 is 4.90 Å². The number of rotatable bonds is 9. The maximum Gasteiger partial charge on any atom is 0.0462 e. The lowest BCUT2D eigenvalue weighted by Crippen LogP contribution is -2.09. The molecule has 0 fully saturated rings. The van der Waals surface area contributed by atoms with Crippen molar-refractivity contribution in [3.05, 3.63) is 237 Å². The summed E-state index contributed by atoms with van der Waals surface area (Å²) in [6.45, 7) is 0. The number of anilines is 3. The Hall–Kier alpha value is -7.22. The number of para-hydroxylation sites is 1. The number of nitrogens with zero attached hydrogens (tertiary/aromatic N) is 1. The van der Waals surface area contributed by atoms with Gasteiger partial charge in [-0.2, -0.15) is 0 Å². The summed E-state index contributed by atoms with van der Waals surface area (Å²) in [6, 6.07) is 84.9. The van der Waals surface area contributed by atoms with E-state index in [-0.39, 0.29) is 0 Å². The van der Waals surface area contributed by atoms with Gasteiger partial charge in [-0.05, 0) is 109 Å². The fourth-order valence-electron chi connectivity index (χ4n) is 7.42. The highest BCUT2D eigenvalue weighted by Gasteiger charge is 2.15. The number of benzene rings is 9. The second kappa shape index (κ2) is 15.4. The van der Waals surface area contributed by atoms with E-state index in [2.05, 4.69) is 241 Å². The van der Waals surface area contributed by atoms with Gasteiger partial charge in [0.25, 0.3) is 0 Å². The standard InChI is InChI=1S/C54H39N/c1-5-13-40(14-6-1)42-21-23-44(24-22-42)45-29-34-51(35-30-45)55(50-19-11-4-12-20-50)52-36-31-46(32-37-52)49-33-38-53(47-17-9-3-10-18-47)54(39-49)48-27-25-43(26-28-48)41-15-7-2-8-16-41/h1-39H. The zero-order chi connectivity index (χ0) is 36.8. The third-order valence-electron chi connectivity index (χ3n) is 10.3. The Bertz CT molecular complexity index is 2610. The molecular formula is C54H39N. The Balaban J connectivity index is 1.03. The minimum absolute atomic E-state index is 1.10. The summed E-state index contributed by atoms with van der Waals surface area (Å²) in [4.78, 5) is 2.32. The molecule has 1 nitrogen and oxygen atoms in total. The molecule has 0 spiro atoms. The van der Waals surface area contributed by atoms with Crippen LogP contribution in [0, 0.1) is 0 Å². The molecule has 0 saturated carbocycles. The molecule has 0 atom stereocenters. The zero-order valence-electron chi connectivity index (χ0n) is 30.5. The fourth-order valence-corrected chi connectivity index (χ4v) is 7.42. The molecule has 0 aliphatic carbocycles. The van der Waals surface area contributed by atoms with E-state index in [1.165, 1.54) is 66.8 Å². The molecule has 0 bridgehead atoms. The van der Waals surface area contributed by atoms with Gasteiger partial charge in [-0.15, -0.1) is 0 Å². The lowest BCUT2D eigenvalue weighted by atomic mass is 9.90. The van der Waals surface area contributed by atoms with Crippen LogP contribution in [-0.4, -0.2) is 0 Å². The first-order valence-electron chi connectivity index (χ1n) is 18.8. The van der Waals surface area contributed by atoms with E-state index >= 15 is 0 Å². The third-order valence-corrected chi connectivity index (χ3v) is 10.3. The van der Waals surface area contributed by atoms with Crippen molar-refractivity contribution in [3.8, 4) is 66.8 Å². The fraction of sp³-hybridized carbons (Fsp3) is 0. The average Bonchev–Trinajstić information content (AvgIpc) is 3.28. The molecule has 0 aliphatic rings. The Morgan fingerprint density at radius 1 is 0.182 bits per heavy atom. The van der Waals surface area contributed by atoms with E-state index in [4.69, 9.17) is 0 Å². The molecule has 55 heavy (non-hydrogen) atoms. The summed E-state index contributed by atoms with van der Waals surface area (Å²) in [7, 11) is 0. The van der Waals surface area contributed by atoms with Crippen LogP contribution in [-0.2, 0) is 0 Å². The van der Waals surface area contributed by atoms with Gasteiger partial charge >= 0.3 is 0 Å². The molecule has 0 aromatic heterocycles. The maximum atomic E-state index is 2.34. The topological polar surface area (TPSA) is 3.24 Å². The van der Waals surface area contributed by atoms with Crippen LogP contribution >= 0.6 is 0 Å². The van der Waals surface area contributed by atoms with Gasteiger partial charge in [0, 0.05) is 17.1 Å². The van der Waals surface area contributed by atoms with Gasteiger partial charge in [0.05, 0.1) is 0 Å². The smallest absolute Gasteiger partial charge is 0.0462 e. The predicted octanol–water partition coefficient (Wildman–Crippen LogP) is 15.2. The van der Waals surface area contributed by atoms with Crippen molar-refractivity contribution < 1.29 is 0 Å². The molecule has 0 N–H and O–H groups in total. The Morgan fingerprint density at radius 2 is 0.455 bits per heavy atom. The van der Waals surface area contributed by atoms with Gasteiger partial charge in [-0.3, -0.25) is 0 Å². The second-order valence-electron chi connectivity index (χ2n) is 13.8. The molecule has 9 rings (SSSR count). The molecule has 0 amide bonds. The van der Waals surface area contributed by atoms with E-state index in [1.807, 2.05) is 0 Å². The zero-order valence-corrected chi connectivity index (χ0v) is 30.5. The van der Waals surface area contributed by atoms with E-state index in [0.717, 1.165) is 17.1 Å². The number of hydrogen-bond donors (Lipinski definition) is 0. The SMILES string of the molecule is c1ccc(-c2ccc(-c3ccc(N(c4ccccc4)c4ccc(-c5ccc(-c6ccccc6)c(-c6ccc(-c7ccccc7)cc6)c5)cc4)cc3)cc2)cc1. The molecule has 0 saturated heterocycles. The summed E-state index contributed by atoms with van der Waals surface area (Å²) < 4.78 is 0. The molecule has 0 heterocycles. The third kappa shape index (κ3) is 7.25. The van der Waals surface area contributed by atoms with Crippen LogP contribution in [0.5, 0.6) is 0 Å². The summed E-state index contributed by atoms with van der Waals surface area (Å²) in [6.07, 6.45) is 0. The summed E-state index contributed by atoms with van der Waals surface area (Å²) in [5.74, 6) is 0. The van der Waals surface area contributed by atoms with Gasteiger partial charge in [0.15, 0.2) is 0 Å². The van der Waals surface area contributed by atoms with Crippen LogP contribution in [0.15, 0.2) is 237 Å². The Morgan fingerprint density at radius 3 is 0.891 bits per heavy atom. The summed E-state index contributed by atoms with van der Waals surface area (Å²) in [5, 5.41) is 0. The Kier molecular flexibility index (Phi) is 9.41. The quantitative estimate of drug-likeness (QED) is 0.145. The van der Waals surface area contributed by atoms with Crippen molar-refractivity contribution in [1.82, 2.24) is 0 Å². The van der Waals surface area contributed by atoms with E-state index in [0.29, 0.717) is 0 Å². The van der Waals surface area contributed by atoms with Crippen LogP contribution in [0.4, 0.5) is 17.1 Å². The highest BCUT2D eigenvalue weighted by atomic mass is 15.1. The first kappa shape index (κ1) is 33.6. The van der Waals surface area contributed by atoms with Crippen LogP contribution in [0.25, 0.3) is 66.8 Å². The van der Waals surface area contributed by atoms with Crippen molar-refractivity contribution in [2.45, 2.75) is 0 Å². The minimum Gasteiger partial charge on any atom is -0.311 e. The van der Waals surface area contributed by atoms with Gasteiger partial charge < -0.3 is 4.90 Å². The normalized spacial score (nSPS) is 10.9. The maximum absolute atomic E-state index is 2.34. The van der Waals surface area contributed by atoms with Crippen molar-refractivity contribution in [2.24, 2.45) is 0 Å². The highest BCUT2D eigenvalue weighted by molar-refractivity contribution is 5.88. The largest absolute Gasteiger partial charge is 0.311 e. The van der Waals surface area contributed by atoms with Crippen LogP contribution in [0.1, 0.15) is 0 Å². The van der Waals surface area contributed by atoms with Crippen LogP contribution in [0.3, 0.4) is 0 Å². The molecule has 260 valence electrons. The summed E-state index contributed by atoms with van der Waals surface area (Å²) >= 11 is 0. The average molecular weight is 702 g/mol. The highest BCUT2D eigenvalue weighted by Crippen LogP contribution is 2.39. The predicted molar refractivity (Wildman–Crippen MR) is 234 cm³/mol. The summed E-state index contributed by atoms with van der Waals surface area (Å²) in [5.41, 5.74) is 17.8. The van der Waals surface area contributed by atoms with Gasteiger partial charge in [-0.1, -0.05) is 194 Å². The first-order valence-corrected chi connectivity index (χ1v) is 18.8. The molecular weight excluding hydrogens is 663 g/mol. The molecule has 0 unspecified atom stereocenters. The van der Waals surface area contributed by atoms with E-state index < -0.39 is 0 Å². The van der Waals surface area contributed by atoms with E-state index in [1.54, 1.807) is 0 Å². The van der Waals surface area contributed by atoms with Gasteiger partial charge in [-0.25, -0.2) is 0 Å². The monoisotopic (exact) mass is 701 g/mol. The first-order chi connectivity index (χ1) is 27.3. The van der Waals surface area contributed by atoms with Gasteiger partial charge in [0.1, 0.15) is 0 Å². The van der Waals surface area contributed by atoms with E-state index in [9.17, 15) is 0 Å². The van der Waals surface area contributed by atoms with Crippen molar-refractivity contribution in [2.75, 3.05) is 4.90 Å². The van der Waals surface area contributed by atoms with Crippen LogP contribution in [0.2, 0.25) is 0 Å². The molecule has 9 aromatic carbocycles. The van der Waals surface area contributed by atoms with Crippen molar-refractivity contribution in [3.63, 3.8) is 0 Å². The van der Waals surface area contributed by atoms with Crippen molar-refractivity contribution in [1.29, 1.82) is 0 Å².